The van der Waals surface area contributed by atoms with E-state index in [1.54, 1.807) is 0 Å². The Hall–Kier alpha value is -2.36. The first-order chi connectivity index (χ1) is 12.5. The van der Waals surface area contributed by atoms with Crippen molar-refractivity contribution in [2.45, 2.75) is 13.0 Å². The minimum Gasteiger partial charge on any atom is -0.323 e. The molecule has 1 N–H and O–H groups in total. The van der Waals surface area contributed by atoms with Crippen molar-refractivity contribution in [1.29, 1.82) is 0 Å². The molecule has 1 atom stereocenters. The average molecular weight is 432 g/mol. The number of hydrogen-bond acceptors (Lipinski definition) is 5. The van der Waals surface area contributed by atoms with Gasteiger partial charge in [-0.05, 0) is 37.3 Å². The van der Waals surface area contributed by atoms with Gasteiger partial charge >= 0.3 is 0 Å². The monoisotopic (exact) mass is 431 g/mol. The van der Waals surface area contributed by atoms with Crippen molar-refractivity contribution in [2.75, 3.05) is 15.9 Å². The zero-order valence-corrected chi connectivity index (χ0v) is 16.5. The number of carbonyl (C=O) groups is 1. The van der Waals surface area contributed by atoms with Crippen LogP contribution in [0.1, 0.15) is 6.92 Å². The topological polar surface area (TPSA) is 110 Å². The van der Waals surface area contributed by atoms with E-state index in [0.717, 1.165) is 16.6 Å². The maximum absolute atomic E-state index is 12.6. The highest BCUT2D eigenvalue weighted by Gasteiger charge is 2.29. The van der Waals surface area contributed by atoms with Crippen LogP contribution in [-0.4, -0.2) is 31.5 Å². The highest BCUT2D eigenvalue weighted by molar-refractivity contribution is 7.92. The number of anilines is 2. The Morgan fingerprint density at radius 2 is 1.78 bits per heavy atom. The first kappa shape index (κ1) is 20.9. The van der Waals surface area contributed by atoms with Gasteiger partial charge in [0.05, 0.1) is 27.6 Å². The van der Waals surface area contributed by atoms with E-state index >= 15 is 0 Å². The summed E-state index contributed by atoms with van der Waals surface area (Å²) in [5, 5.41) is 13.8. The maximum Gasteiger partial charge on any atom is 0.271 e. The lowest BCUT2D eigenvalue weighted by molar-refractivity contribution is -0.384. The molecular weight excluding hydrogens is 417 g/mol. The van der Waals surface area contributed by atoms with E-state index in [9.17, 15) is 23.3 Å². The number of halogens is 2. The van der Waals surface area contributed by atoms with Crippen molar-refractivity contribution in [2.24, 2.45) is 0 Å². The van der Waals surface area contributed by atoms with Gasteiger partial charge in [-0.15, -0.1) is 0 Å². The molecule has 2 aromatic rings. The molecule has 1 amide bonds. The standard InChI is InChI=1S/C16H15Cl2N3O5S/c1-10(20(27(2,25)26)12-5-3-11(17)4-6-12)16(22)19-15-9-13(21(23)24)7-8-14(15)18/h3-10H,1-2H3,(H,19,22)/t10-/m0/s1. The van der Waals surface area contributed by atoms with Gasteiger partial charge in [0, 0.05) is 17.2 Å². The van der Waals surface area contributed by atoms with Crippen LogP contribution in [0.25, 0.3) is 0 Å². The van der Waals surface area contributed by atoms with E-state index in [4.69, 9.17) is 23.2 Å². The van der Waals surface area contributed by atoms with Crippen molar-refractivity contribution < 1.29 is 18.1 Å². The van der Waals surface area contributed by atoms with Gasteiger partial charge in [0.1, 0.15) is 6.04 Å². The maximum atomic E-state index is 12.6. The van der Waals surface area contributed by atoms with Crippen molar-refractivity contribution in [3.63, 3.8) is 0 Å². The summed E-state index contributed by atoms with van der Waals surface area (Å²) in [5.41, 5.74) is -0.0120. The minimum atomic E-state index is -3.81. The molecule has 144 valence electrons. The lowest BCUT2D eigenvalue weighted by Crippen LogP contribution is -2.45. The highest BCUT2D eigenvalue weighted by atomic mass is 35.5. The zero-order chi connectivity index (χ0) is 20.4. The van der Waals surface area contributed by atoms with E-state index in [2.05, 4.69) is 5.32 Å². The molecule has 0 aliphatic carbocycles. The molecule has 2 rings (SSSR count). The van der Waals surface area contributed by atoms with Crippen LogP contribution in [0.15, 0.2) is 42.5 Å². The Morgan fingerprint density at radius 1 is 1.19 bits per heavy atom. The molecule has 0 bridgehead atoms. The van der Waals surface area contributed by atoms with Crippen LogP contribution >= 0.6 is 23.2 Å². The molecule has 0 aliphatic rings. The Kier molecular flexibility index (Phi) is 6.30. The summed E-state index contributed by atoms with van der Waals surface area (Å²) in [7, 11) is -3.81. The van der Waals surface area contributed by atoms with E-state index in [-0.39, 0.29) is 22.1 Å². The molecule has 2 aromatic carbocycles. The Balaban J connectivity index is 2.34. The molecule has 27 heavy (non-hydrogen) atoms. The van der Waals surface area contributed by atoms with Gasteiger partial charge in [-0.1, -0.05) is 23.2 Å². The molecule has 8 nitrogen and oxygen atoms in total. The van der Waals surface area contributed by atoms with Gasteiger partial charge < -0.3 is 5.32 Å². The third-order valence-electron chi connectivity index (χ3n) is 3.59. The van der Waals surface area contributed by atoms with Crippen molar-refractivity contribution in [3.05, 3.63) is 62.6 Å². The quantitative estimate of drug-likeness (QED) is 0.553. The van der Waals surface area contributed by atoms with E-state index in [0.29, 0.717) is 5.02 Å². The lowest BCUT2D eigenvalue weighted by Gasteiger charge is -2.28. The molecule has 0 radical (unpaired) electrons. The molecule has 0 saturated carbocycles. The van der Waals surface area contributed by atoms with Crippen molar-refractivity contribution in [1.82, 2.24) is 0 Å². The number of nitro benzene ring substituents is 1. The summed E-state index contributed by atoms with van der Waals surface area (Å²) in [5.74, 6) is -0.710. The number of non-ortho nitro benzene ring substituents is 1. The molecule has 0 fully saturated rings. The number of carbonyl (C=O) groups excluding carboxylic acids is 1. The lowest BCUT2D eigenvalue weighted by atomic mass is 10.2. The summed E-state index contributed by atoms with van der Waals surface area (Å²) in [6, 6.07) is 8.33. The second-order valence-electron chi connectivity index (χ2n) is 5.62. The van der Waals surface area contributed by atoms with Crippen LogP contribution in [0.4, 0.5) is 17.1 Å². The number of nitro groups is 1. The Labute approximate surface area is 165 Å². The van der Waals surface area contributed by atoms with Crippen molar-refractivity contribution in [3.8, 4) is 0 Å². The summed E-state index contributed by atoms with van der Waals surface area (Å²) >= 11 is 11.8. The van der Waals surface area contributed by atoms with E-state index < -0.39 is 26.9 Å². The number of nitrogens with zero attached hydrogens (tertiary/aromatic N) is 2. The summed E-state index contributed by atoms with van der Waals surface area (Å²) in [6.07, 6.45) is 0.964. The van der Waals surface area contributed by atoms with Gasteiger partial charge in [0.25, 0.3) is 5.69 Å². The van der Waals surface area contributed by atoms with E-state index in [1.165, 1.54) is 43.3 Å². The third kappa shape index (κ3) is 5.09. The molecule has 0 spiro atoms. The molecule has 0 aromatic heterocycles. The number of benzene rings is 2. The van der Waals surface area contributed by atoms with Crippen LogP contribution < -0.4 is 9.62 Å². The van der Waals surface area contributed by atoms with Crippen LogP contribution in [0, 0.1) is 10.1 Å². The van der Waals surface area contributed by atoms with Gasteiger partial charge in [-0.25, -0.2) is 8.42 Å². The van der Waals surface area contributed by atoms with Crippen LogP contribution in [0.5, 0.6) is 0 Å². The zero-order valence-electron chi connectivity index (χ0n) is 14.2. The van der Waals surface area contributed by atoms with Gasteiger partial charge in [-0.2, -0.15) is 0 Å². The first-order valence-corrected chi connectivity index (χ1v) is 10.1. The molecule has 0 aliphatic heterocycles. The average Bonchev–Trinajstić information content (AvgIpc) is 2.57. The SMILES string of the molecule is C[C@@H](C(=O)Nc1cc([N+](=O)[O-])ccc1Cl)N(c1ccc(Cl)cc1)S(C)(=O)=O. The fraction of sp³-hybridized carbons (Fsp3) is 0.188. The van der Waals surface area contributed by atoms with Crippen LogP contribution in [0.3, 0.4) is 0 Å². The number of amides is 1. The molecular formula is C16H15Cl2N3O5S. The number of nitrogens with one attached hydrogen (secondary N) is 1. The molecule has 0 unspecified atom stereocenters. The fourth-order valence-electron chi connectivity index (χ4n) is 2.36. The first-order valence-electron chi connectivity index (χ1n) is 7.50. The predicted molar refractivity (Wildman–Crippen MR) is 105 cm³/mol. The molecule has 11 heteroatoms. The van der Waals surface area contributed by atoms with Crippen LogP contribution in [-0.2, 0) is 14.8 Å². The summed E-state index contributed by atoms with van der Waals surface area (Å²) < 4.78 is 25.4. The minimum absolute atomic E-state index is 0.00674. The predicted octanol–water partition coefficient (Wildman–Crippen LogP) is 3.69. The van der Waals surface area contributed by atoms with Gasteiger partial charge in [0.15, 0.2) is 0 Å². The Bertz CT molecular complexity index is 980. The summed E-state index contributed by atoms with van der Waals surface area (Å²) in [6.45, 7) is 1.39. The van der Waals surface area contributed by atoms with Crippen molar-refractivity contribution >= 4 is 56.2 Å². The molecule has 0 saturated heterocycles. The molecule has 0 heterocycles. The second kappa shape index (κ2) is 8.12. The number of rotatable bonds is 6. The van der Waals surface area contributed by atoms with Gasteiger partial charge in [0.2, 0.25) is 15.9 Å². The fourth-order valence-corrected chi connectivity index (χ4v) is 3.82. The second-order valence-corrected chi connectivity index (χ2v) is 8.32. The van der Waals surface area contributed by atoms with E-state index in [1.807, 2.05) is 0 Å². The number of hydrogen-bond donors (Lipinski definition) is 1. The highest BCUT2D eigenvalue weighted by Crippen LogP contribution is 2.28. The largest absolute Gasteiger partial charge is 0.323 e. The smallest absolute Gasteiger partial charge is 0.271 e. The Morgan fingerprint density at radius 3 is 2.30 bits per heavy atom. The normalized spacial score (nSPS) is 12.3. The van der Waals surface area contributed by atoms with Crippen LogP contribution in [0.2, 0.25) is 10.0 Å². The number of sulfonamides is 1. The third-order valence-corrected chi connectivity index (χ3v) is 5.41. The summed E-state index contributed by atoms with van der Waals surface area (Å²) in [4.78, 5) is 22.9. The van der Waals surface area contributed by atoms with Gasteiger partial charge in [-0.3, -0.25) is 19.2 Å².